The monoisotopic (exact) mass is 332 g/mol. The van der Waals surface area contributed by atoms with Crippen molar-refractivity contribution in [3.05, 3.63) is 0 Å². The third-order valence-electron chi connectivity index (χ3n) is 3.45. The maximum absolute atomic E-state index is 11.5. The van der Waals surface area contributed by atoms with E-state index in [4.69, 9.17) is 9.16 Å². The van der Waals surface area contributed by atoms with Crippen molar-refractivity contribution in [3.63, 3.8) is 0 Å². The molecule has 0 saturated carbocycles. The van der Waals surface area contributed by atoms with Crippen LogP contribution in [-0.2, 0) is 14.0 Å². The minimum Gasteiger partial charge on any atom is -0.448 e. The molecule has 2 N–H and O–H groups in total. The number of carbonyl (C=O) groups excluding carboxylic acids is 2. The second kappa shape index (κ2) is 11.5. The molecular formula is C15H32N2O4Si. The van der Waals surface area contributed by atoms with E-state index in [9.17, 15) is 9.59 Å². The maximum atomic E-state index is 11.5. The first-order valence-electron chi connectivity index (χ1n) is 8.14. The predicted molar refractivity (Wildman–Crippen MR) is 90.3 cm³/mol. The third-order valence-corrected chi connectivity index (χ3v) is 6.08. The highest BCUT2D eigenvalue weighted by atomic mass is 28.4. The zero-order valence-electron chi connectivity index (χ0n) is 14.7. The Bertz CT molecular complexity index is 338. The molecule has 1 unspecified atom stereocenters. The molecule has 0 aliphatic heterocycles. The van der Waals surface area contributed by atoms with Gasteiger partial charge in [-0.1, -0.05) is 13.8 Å². The summed E-state index contributed by atoms with van der Waals surface area (Å²) in [7, 11) is -1.57. The molecule has 0 saturated heterocycles. The smallest absolute Gasteiger partial charge is 0.407 e. The maximum Gasteiger partial charge on any atom is 0.407 e. The zero-order valence-corrected chi connectivity index (χ0v) is 15.7. The first-order chi connectivity index (χ1) is 10.3. The fourth-order valence-electron chi connectivity index (χ4n) is 1.90. The summed E-state index contributed by atoms with van der Waals surface area (Å²) >= 11 is 0. The zero-order chi connectivity index (χ0) is 17.0. The first kappa shape index (κ1) is 20.9. The van der Waals surface area contributed by atoms with Gasteiger partial charge in [-0.3, -0.25) is 4.79 Å². The van der Waals surface area contributed by atoms with Gasteiger partial charge < -0.3 is 19.8 Å². The highest BCUT2D eigenvalue weighted by Gasteiger charge is 2.20. The Labute approximate surface area is 135 Å². The van der Waals surface area contributed by atoms with E-state index in [0.29, 0.717) is 13.1 Å². The molecule has 0 aromatic carbocycles. The summed E-state index contributed by atoms with van der Waals surface area (Å²) in [5.41, 5.74) is 0. The number of alkyl carbamates (subject to hydrolysis) is 1. The standard InChI is InChI=1S/C15H32N2O4Si/c1-6-13(3)14(18)16-10-11-20-15(19)17-9-8-12-22(4,5)21-7-2/h13H,6-12H2,1-5H3,(H,16,18)(H,17,19). The molecule has 0 aliphatic carbocycles. The van der Waals surface area contributed by atoms with Crippen LogP contribution in [0.25, 0.3) is 0 Å². The third kappa shape index (κ3) is 10.6. The van der Waals surface area contributed by atoms with E-state index in [1.807, 2.05) is 20.8 Å². The van der Waals surface area contributed by atoms with Crippen LogP contribution < -0.4 is 10.6 Å². The Morgan fingerprint density at radius 2 is 1.82 bits per heavy atom. The van der Waals surface area contributed by atoms with Gasteiger partial charge in [0.05, 0.1) is 6.54 Å². The molecule has 0 aromatic heterocycles. The van der Waals surface area contributed by atoms with Crippen molar-refractivity contribution in [1.82, 2.24) is 10.6 Å². The lowest BCUT2D eigenvalue weighted by atomic mass is 10.1. The summed E-state index contributed by atoms with van der Waals surface area (Å²) in [5, 5.41) is 5.45. The van der Waals surface area contributed by atoms with Crippen molar-refractivity contribution in [2.75, 3.05) is 26.3 Å². The van der Waals surface area contributed by atoms with Gasteiger partial charge in [0.1, 0.15) is 6.61 Å². The predicted octanol–water partition coefficient (Wildman–Crippen LogP) is 2.51. The SMILES string of the molecule is CCO[Si](C)(C)CCCNC(=O)OCCNC(=O)C(C)CC. The molecule has 130 valence electrons. The van der Waals surface area contributed by atoms with Crippen molar-refractivity contribution in [2.24, 2.45) is 5.92 Å². The van der Waals surface area contributed by atoms with Gasteiger partial charge in [-0.25, -0.2) is 4.79 Å². The van der Waals surface area contributed by atoms with Crippen LogP contribution in [0, 0.1) is 5.92 Å². The van der Waals surface area contributed by atoms with E-state index in [0.717, 1.165) is 25.5 Å². The summed E-state index contributed by atoms with van der Waals surface area (Å²) in [4.78, 5) is 23.0. The Morgan fingerprint density at radius 3 is 2.41 bits per heavy atom. The van der Waals surface area contributed by atoms with Crippen molar-refractivity contribution in [3.8, 4) is 0 Å². The number of amides is 2. The van der Waals surface area contributed by atoms with E-state index >= 15 is 0 Å². The second-order valence-electron chi connectivity index (χ2n) is 5.96. The van der Waals surface area contributed by atoms with E-state index in [-0.39, 0.29) is 18.4 Å². The number of rotatable bonds is 11. The molecule has 22 heavy (non-hydrogen) atoms. The number of carbonyl (C=O) groups is 2. The summed E-state index contributed by atoms with van der Waals surface area (Å²) < 4.78 is 10.7. The summed E-state index contributed by atoms with van der Waals surface area (Å²) in [6.07, 6.45) is 1.25. The molecule has 0 heterocycles. The molecule has 0 aromatic rings. The molecule has 6 nitrogen and oxygen atoms in total. The fourth-order valence-corrected chi connectivity index (χ4v) is 3.85. The molecular weight excluding hydrogens is 300 g/mol. The molecule has 0 bridgehead atoms. The van der Waals surface area contributed by atoms with Gasteiger partial charge >= 0.3 is 6.09 Å². The Kier molecular flexibility index (Phi) is 10.9. The minimum atomic E-state index is -1.57. The van der Waals surface area contributed by atoms with Gasteiger partial charge in [0.15, 0.2) is 8.32 Å². The largest absolute Gasteiger partial charge is 0.448 e. The van der Waals surface area contributed by atoms with E-state index < -0.39 is 14.4 Å². The Hall–Kier alpha value is -1.08. The van der Waals surface area contributed by atoms with Gasteiger partial charge in [-0.05, 0) is 38.9 Å². The van der Waals surface area contributed by atoms with Crippen molar-refractivity contribution in [1.29, 1.82) is 0 Å². The lowest BCUT2D eigenvalue weighted by molar-refractivity contribution is -0.124. The van der Waals surface area contributed by atoms with E-state index in [1.165, 1.54) is 0 Å². The van der Waals surface area contributed by atoms with Crippen molar-refractivity contribution in [2.45, 2.75) is 52.8 Å². The van der Waals surface area contributed by atoms with Crippen LogP contribution in [0.2, 0.25) is 19.1 Å². The lowest BCUT2D eigenvalue weighted by Gasteiger charge is -2.21. The molecule has 0 radical (unpaired) electrons. The van der Waals surface area contributed by atoms with Crippen LogP contribution in [0.1, 0.15) is 33.6 Å². The molecule has 0 fully saturated rings. The molecule has 7 heteroatoms. The normalized spacial score (nSPS) is 12.6. The highest BCUT2D eigenvalue weighted by Crippen LogP contribution is 2.12. The number of ether oxygens (including phenoxy) is 1. The Morgan fingerprint density at radius 1 is 1.14 bits per heavy atom. The van der Waals surface area contributed by atoms with Crippen LogP contribution in [0.3, 0.4) is 0 Å². The van der Waals surface area contributed by atoms with Gasteiger partial charge in [0.25, 0.3) is 0 Å². The average molecular weight is 333 g/mol. The van der Waals surface area contributed by atoms with E-state index in [1.54, 1.807) is 0 Å². The van der Waals surface area contributed by atoms with Crippen LogP contribution in [0.5, 0.6) is 0 Å². The van der Waals surface area contributed by atoms with Crippen molar-refractivity contribution < 1.29 is 18.8 Å². The number of nitrogens with one attached hydrogen (secondary N) is 2. The Balaban J connectivity index is 3.61. The fraction of sp³-hybridized carbons (Fsp3) is 0.867. The molecule has 0 aliphatic rings. The van der Waals surface area contributed by atoms with Gasteiger partial charge in [-0.15, -0.1) is 0 Å². The summed E-state index contributed by atoms with van der Waals surface area (Å²) in [6, 6.07) is 1.01. The summed E-state index contributed by atoms with van der Waals surface area (Å²) in [6.45, 7) is 12.1. The van der Waals surface area contributed by atoms with Crippen molar-refractivity contribution >= 4 is 20.3 Å². The highest BCUT2D eigenvalue weighted by molar-refractivity contribution is 6.71. The number of hydrogen-bond acceptors (Lipinski definition) is 4. The topological polar surface area (TPSA) is 76.7 Å². The molecule has 1 atom stereocenters. The molecule has 2 amide bonds. The van der Waals surface area contributed by atoms with Crippen LogP contribution in [-0.4, -0.2) is 46.6 Å². The number of hydrogen-bond donors (Lipinski definition) is 2. The van der Waals surface area contributed by atoms with Gasteiger partial charge in [-0.2, -0.15) is 0 Å². The van der Waals surface area contributed by atoms with Gasteiger partial charge in [0, 0.05) is 19.1 Å². The molecule has 0 rings (SSSR count). The second-order valence-corrected chi connectivity index (χ2v) is 10.3. The van der Waals surface area contributed by atoms with Gasteiger partial charge in [0.2, 0.25) is 5.91 Å². The molecule has 0 spiro atoms. The quantitative estimate of drug-likeness (QED) is 0.450. The van der Waals surface area contributed by atoms with Crippen LogP contribution >= 0.6 is 0 Å². The first-order valence-corrected chi connectivity index (χ1v) is 11.3. The summed E-state index contributed by atoms with van der Waals surface area (Å²) in [5.74, 6) is -0.0127. The van der Waals surface area contributed by atoms with Crippen LogP contribution in [0.15, 0.2) is 0 Å². The lowest BCUT2D eigenvalue weighted by Crippen LogP contribution is -2.34. The van der Waals surface area contributed by atoms with Crippen LogP contribution in [0.4, 0.5) is 4.79 Å². The average Bonchev–Trinajstić information content (AvgIpc) is 2.47. The minimum absolute atomic E-state index is 0.00498. The van der Waals surface area contributed by atoms with E-state index in [2.05, 4.69) is 23.7 Å².